The third-order valence-electron chi connectivity index (χ3n) is 1.66. The summed E-state index contributed by atoms with van der Waals surface area (Å²) < 4.78 is 23.9. The second kappa shape index (κ2) is 4.56. The van der Waals surface area contributed by atoms with Gasteiger partial charge in [0.25, 0.3) is 0 Å². The maximum Gasteiger partial charge on any atom is 0.242 e. The molecule has 0 aliphatic heterocycles. The number of hydrogen-bond acceptors (Lipinski definition) is 1. The lowest BCUT2D eigenvalue weighted by Gasteiger charge is -2.01. The van der Waals surface area contributed by atoms with E-state index in [1.54, 1.807) is 24.3 Å². The molecule has 0 aliphatic carbocycles. The minimum absolute atomic E-state index is 0.237. The number of nitriles is 1. The topological polar surface area (TPSA) is 23.8 Å². The smallest absolute Gasteiger partial charge is 0.210 e. The van der Waals surface area contributed by atoms with Crippen molar-refractivity contribution in [2.24, 2.45) is 0 Å². The Kier molecular flexibility index (Phi) is 3.39. The van der Waals surface area contributed by atoms with Gasteiger partial charge in [0.1, 0.15) is 0 Å². The second-order valence-corrected chi connectivity index (χ2v) is 2.75. The highest BCUT2D eigenvalue weighted by molar-refractivity contribution is 5.25. The van der Waals surface area contributed by atoms with Crippen molar-refractivity contribution in [3.8, 4) is 6.07 Å². The molecule has 0 aliphatic rings. The molecule has 0 aromatic heterocycles. The second-order valence-electron chi connectivity index (χ2n) is 2.75. The van der Waals surface area contributed by atoms with Gasteiger partial charge >= 0.3 is 0 Å². The fourth-order valence-electron chi connectivity index (χ4n) is 1.14. The molecule has 1 nitrogen and oxygen atoms in total. The largest absolute Gasteiger partial charge is 0.242 e. The molecule has 0 atom stereocenters. The molecule has 0 unspecified atom stereocenters. The van der Waals surface area contributed by atoms with E-state index in [2.05, 4.69) is 0 Å². The molecule has 1 aromatic carbocycles. The molecule has 0 bridgehead atoms. The molecule has 1 aromatic rings. The summed E-state index contributed by atoms with van der Waals surface area (Å²) in [6.45, 7) is 0. The van der Waals surface area contributed by atoms with Crippen LogP contribution in [0.3, 0.4) is 0 Å². The Bertz CT molecular complexity index is 315. The first kappa shape index (κ1) is 9.66. The van der Waals surface area contributed by atoms with E-state index in [4.69, 9.17) is 5.26 Å². The number of hydrogen-bond donors (Lipinski definition) is 0. The third kappa shape index (κ3) is 3.20. The standard InChI is InChI=1S/C10H9F2N/c11-10(12)7-9-3-1-2-8(6-9)4-5-13/h1-3,6,10H,4,7H2. The van der Waals surface area contributed by atoms with Crippen molar-refractivity contribution in [1.82, 2.24) is 0 Å². The molecule has 0 radical (unpaired) electrons. The summed E-state index contributed by atoms with van der Waals surface area (Å²) in [7, 11) is 0. The van der Waals surface area contributed by atoms with Crippen LogP contribution in [0.1, 0.15) is 11.1 Å². The van der Waals surface area contributed by atoms with Crippen molar-refractivity contribution in [3.05, 3.63) is 35.4 Å². The van der Waals surface area contributed by atoms with E-state index in [1.165, 1.54) is 0 Å². The van der Waals surface area contributed by atoms with Crippen LogP contribution in [0.2, 0.25) is 0 Å². The Hall–Kier alpha value is -1.43. The summed E-state index contributed by atoms with van der Waals surface area (Å²) in [6.07, 6.45) is -2.28. The fraction of sp³-hybridized carbons (Fsp3) is 0.300. The van der Waals surface area contributed by atoms with Crippen molar-refractivity contribution < 1.29 is 8.78 Å². The van der Waals surface area contributed by atoms with Crippen molar-refractivity contribution in [2.75, 3.05) is 0 Å². The molecule has 13 heavy (non-hydrogen) atoms. The predicted molar refractivity (Wildman–Crippen MR) is 45.5 cm³/mol. The summed E-state index contributed by atoms with van der Waals surface area (Å²) in [4.78, 5) is 0. The van der Waals surface area contributed by atoms with Gasteiger partial charge in [-0.1, -0.05) is 24.3 Å². The zero-order chi connectivity index (χ0) is 9.68. The van der Waals surface area contributed by atoms with Crippen molar-refractivity contribution >= 4 is 0 Å². The number of alkyl halides is 2. The lowest BCUT2D eigenvalue weighted by atomic mass is 10.1. The highest BCUT2D eigenvalue weighted by Crippen LogP contribution is 2.10. The van der Waals surface area contributed by atoms with E-state index in [0.717, 1.165) is 5.56 Å². The summed E-state index contributed by atoms with van der Waals surface area (Å²) in [6, 6.07) is 8.73. The van der Waals surface area contributed by atoms with E-state index in [-0.39, 0.29) is 12.8 Å². The monoisotopic (exact) mass is 181 g/mol. The highest BCUT2D eigenvalue weighted by atomic mass is 19.3. The van der Waals surface area contributed by atoms with Crippen LogP contribution in [0.5, 0.6) is 0 Å². The molecule has 0 fully saturated rings. The van der Waals surface area contributed by atoms with Gasteiger partial charge in [-0.15, -0.1) is 0 Å². The van der Waals surface area contributed by atoms with Gasteiger partial charge in [0.2, 0.25) is 6.43 Å². The lowest BCUT2D eigenvalue weighted by Crippen LogP contribution is -1.97. The van der Waals surface area contributed by atoms with Gasteiger partial charge in [-0.3, -0.25) is 0 Å². The Morgan fingerprint density at radius 2 is 2.00 bits per heavy atom. The Labute approximate surface area is 75.6 Å². The van der Waals surface area contributed by atoms with Crippen molar-refractivity contribution in [1.29, 1.82) is 5.26 Å². The predicted octanol–water partition coefficient (Wildman–Crippen LogP) is 2.56. The maximum absolute atomic E-state index is 12.0. The average molecular weight is 181 g/mol. The first-order chi connectivity index (χ1) is 6.22. The zero-order valence-electron chi connectivity index (χ0n) is 7.00. The molecule has 0 saturated heterocycles. The fourth-order valence-corrected chi connectivity index (χ4v) is 1.14. The molecular formula is C10H9F2N. The van der Waals surface area contributed by atoms with Gasteiger partial charge < -0.3 is 0 Å². The van der Waals surface area contributed by atoms with Crippen LogP contribution in [0.4, 0.5) is 8.78 Å². The Morgan fingerprint density at radius 1 is 1.31 bits per heavy atom. The summed E-state index contributed by atoms with van der Waals surface area (Å²) in [5, 5.41) is 8.39. The van der Waals surface area contributed by atoms with Crippen LogP contribution >= 0.6 is 0 Å². The van der Waals surface area contributed by atoms with E-state index >= 15 is 0 Å². The van der Waals surface area contributed by atoms with E-state index in [0.29, 0.717) is 5.56 Å². The SMILES string of the molecule is N#CCc1cccc(CC(F)F)c1. The average Bonchev–Trinajstić information content (AvgIpc) is 2.04. The molecule has 68 valence electrons. The van der Waals surface area contributed by atoms with Gasteiger partial charge in [0.05, 0.1) is 12.5 Å². The molecule has 1 rings (SSSR count). The summed E-state index contributed by atoms with van der Waals surface area (Å²) in [5.74, 6) is 0. The number of nitrogens with zero attached hydrogens (tertiary/aromatic N) is 1. The molecule has 0 saturated carbocycles. The third-order valence-corrected chi connectivity index (χ3v) is 1.66. The molecular weight excluding hydrogens is 172 g/mol. The van der Waals surface area contributed by atoms with E-state index in [1.807, 2.05) is 6.07 Å². The van der Waals surface area contributed by atoms with Gasteiger partial charge in [-0.25, -0.2) is 8.78 Å². The number of rotatable bonds is 3. The highest BCUT2D eigenvalue weighted by Gasteiger charge is 2.04. The molecule has 0 N–H and O–H groups in total. The van der Waals surface area contributed by atoms with Crippen molar-refractivity contribution in [3.63, 3.8) is 0 Å². The summed E-state index contributed by atoms with van der Waals surface area (Å²) in [5.41, 5.74) is 1.38. The van der Waals surface area contributed by atoms with Crippen molar-refractivity contribution in [2.45, 2.75) is 19.3 Å². The normalized spacial score (nSPS) is 10.0. The van der Waals surface area contributed by atoms with Crippen LogP contribution in [0.25, 0.3) is 0 Å². The van der Waals surface area contributed by atoms with Gasteiger partial charge in [0.15, 0.2) is 0 Å². The van der Waals surface area contributed by atoms with Crippen LogP contribution in [0.15, 0.2) is 24.3 Å². The minimum atomic E-state index is -2.32. The number of benzene rings is 1. The first-order valence-electron chi connectivity index (χ1n) is 3.95. The quantitative estimate of drug-likeness (QED) is 0.703. The zero-order valence-corrected chi connectivity index (χ0v) is 7.00. The molecule has 0 spiro atoms. The van der Waals surface area contributed by atoms with E-state index in [9.17, 15) is 8.78 Å². The first-order valence-corrected chi connectivity index (χ1v) is 3.95. The van der Waals surface area contributed by atoms with Crippen LogP contribution in [-0.2, 0) is 12.8 Å². The molecule has 0 amide bonds. The van der Waals surface area contributed by atoms with Gasteiger partial charge in [0, 0.05) is 6.42 Å². The van der Waals surface area contributed by atoms with Crippen LogP contribution in [-0.4, -0.2) is 6.43 Å². The van der Waals surface area contributed by atoms with E-state index < -0.39 is 6.43 Å². The number of halogens is 2. The maximum atomic E-state index is 12.0. The molecule has 3 heteroatoms. The van der Waals surface area contributed by atoms with Gasteiger partial charge in [-0.05, 0) is 11.1 Å². The Morgan fingerprint density at radius 3 is 2.62 bits per heavy atom. The lowest BCUT2D eigenvalue weighted by molar-refractivity contribution is 0.149. The van der Waals surface area contributed by atoms with Gasteiger partial charge in [-0.2, -0.15) is 5.26 Å². The molecule has 0 heterocycles. The van der Waals surface area contributed by atoms with Crippen LogP contribution in [0, 0.1) is 11.3 Å². The minimum Gasteiger partial charge on any atom is -0.210 e. The Balaban J connectivity index is 2.74. The summed E-state index contributed by atoms with van der Waals surface area (Å²) >= 11 is 0. The van der Waals surface area contributed by atoms with Crippen LogP contribution < -0.4 is 0 Å².